The number of ketones is 1. The number of carbonyl (C=O) groups is 2. The van der Waals surface area contributed by atoms with Crippen LogP contribution in [-0.2, 0) is 14.3 Å². The zero-order valence-corrected chi connectivity index (χ0v) is 15.8. The van der Waals surface area contributed by atoms with Crippen molar-refractivity contribution in [1.82, 2.24) is 0 Å². The molecule has 0 bridgehead atoms. The van der Waals surface area contributed by atoms with E-state index in [4.69, 9.17) is 4.74 Å². The first kappa shape index (κ1) is 21.4. The lowest BCUT2D eigenvalue weighted by atomic mass is 9.49. The summed E-state index contributed by atoms with van der Waals surface area (Å²) in [7, 11) is 0. The Labute approximate surface area is 141 Å². The molecule has 0 saturated carbocycles. The fourth-order valence-electron chi connectivity index (χ4n) is 2.87. The normalized spacial score (nSPS) is 15.3. The van der Waals surface area contributed by atoms with Crippen molar-refractivity contribution in [1.29, 1.82) is 0 Å². The predicted octanol–water partition coefficient (Wildman–Crippen LogP) is 4.88. The van der Waals surface area contributed by atoms with Gasteiger partial charge < -0.3 is 4.74 Å². The van der Waals surface area contributed by atoms with Crippen molar-refractivity contribution in [2.75, 3.05) is 0 Å². The van der Waals surface area contributed by atoms with E-state index in [0.29, 0.717) is 6.42 Å². The van der Waals surface area contributed by atoms with Gasteiger partial charge in [0.1, 0.15) is 5.60 Å². The number of hydrogen-bond donors (Lipinski definition) is 0. The van der Waals surface area contributed by atoms with E-state index in [2.05, 4.69) is 47.4 Å². The molecule has 0 fully saturated rings. The van der Waals surface area contributed by atoms with Crippen LogP contribution in [-0.4, -0.2) is 17.4 Å². The highest BCUT2D eigenvalue weighted by Crippen LogP contribution is 2.58. The number of esters is 1. The summed E-state index contributed by atoms with van der Waals surface area (Å²) < 4.78 is 5.63. The Morgan fingerprint density at radius 1 is 0.870 bits per heavy atom. The first-order valence-electron chi connectivity index (χ1n) is 7.86. The van der Waals surface area contributed by atoms with Gasteiger partial charge in [0.25, 0.3) is 0 Å². The van der Waals surface area contributed by atoms with Crippen molar-refractivity contribution < 1.29 is 14.3 Å². The van der Waals surface area contributed by atoms with Gasteiger partial charge in [-0.2, -0.15) is 0 Å². The molecule has 0 aliphatic carbocycles. The molecule has 0 saturated heterocycles. The molecule has 0 heterocycles. The quantitative estimate of drug-likeness (QED) is 0.345. The third-order valence-electron chi connectivity index (χ3n) is 6.21. The largest absolute Gasteiger partial charge is 0.451 e. The Bertz CT molecular complexity index is 509. The van der Waals surface area contributed by atoms with Crippen LogP contribution in [0.5, 0.6) is 0 Å². The Hall–Kier alpha value is -1.64. The second-order valence-electron chi connectivity index (χ2n) is 7.92. The Kier molecular flexibility index (Phi) is 6.37. The predicted molar refractivity (Wildman–Crippen MR) is 96.1 cm³/mol. The molecule has 0 spiro atoms. The summed E-state index contributed by atoms with van der Waals surface area (Å²) in [5.74, 6) is -0.487. The van der Waals surface area contributed by atoms with Crippen LogP contribution in [0.15, 0.2) is 38.0 Å². The minimum atomic E-state index is -0.906. The SMILES string of the molecule is C=CC(=O)CC(C)(C)C(C)(C)C(C)(C)C(C)(C=C)OC(=O)C=C. The summed E-state index contributed by atoms with van der Waals surface area (Å²) in [5, 5.41) is 0. The fourth-order valence-corrected chi connectivity index (χ4v) is 2.87. The van der Waals surface area contributed by atoms with Gasteiger partial charge in [-0.3, -0.25) is 4.79 Å². The van der Waals surface area contributed by atoms with Gasteiger partial charge in [0.05, 0.1) is 0 Å². The zero-order valence-electron chi connectivity index (χ0n) is 15.8. The number of allylic oxidation sites excluding steroid dienone is 1. The average Bonchev–Trinajstić information content (AvgIpc) is 2.45. The van der Waals surface area contributed by atoms with Crippen molar-refractivity contribution in [3.05, 3.63) is 38.0 Å². The Balaban J connectivity index is 5.95. The van der Waals surface area contributed by atoms with Gasteiger partial charge in [-0.1, -0.05) is 61.3 Å². The number of rotatable bonds is 9. The second-order valence-corrected chi connectivity index (χ2v) is 7.92. The van der Waals surface area contributed by atoms with Crippen molar-refractivity contribution in [3.63, 3.8) is 0 Å². The topological polar surface area (TPSA) is 43.4 Å². The Morgan fingerprint density at radius 2 is 1.35 bits per heavy atom. The van der Waals surface area contributed by atoms with E-state index in [1.54, 1.807) is 6.08 Å². The van der Waals surface area contributed by atoms with Crippen LogP contribution < -0.4 is 0 Å². The van der Waals surface area contributed by atoms with Crippen LogP contribution in [0, 0.1) is 16.2 Å². The third kappa shape index (κ3) is 3.82. The summed E-state index contributed by atoms with van der Waals surface area (Å²) in [6, 6.07) is 0. The molecule has 0 aromatic heterocycles. The van der Waals surface area contributed by atoms with E-state index in [9.17, 15) is 9.59 Å². The number of hydrogen-bond acceptors (Lipinski definition) is 3. The van der Waals surface area contributed by atoms with E-state index in [-0.39, 0.29) is 16.6 Å². The molecule has 0 aromatic carbocycles. The molecular weight excluding hydrogens is 288 g/mol. The summed E-state index contributed by atoms with van der Waals surface area (Å²) >= 11 is 0. The molecule has 23 heavy (non-hydrogen) atoms. The van der Waals surface area contributed by atoms with Gasteiger partial charge in [-0.05, 0) is 29.9 Å². The molecule has 1 atom stereocenters. The average molecular weight is 320 g/mol. The monoisotopic (exact) mass is 320 g/mol. The van der Waals surface area contributed by atoms with Gasteiger partial charge in [0.15, 0.2) is 5.78 Å². The van der Waals surface area contributed by atoms with Gasteiger partial charge >= 0.3 is 5.97 Å². The lowest BCUT2D eigenvalue weighted by Gasteiger charge is -2.57. The van der Waals surface area contributed by atoms with E-state index < -0.39 is 17.0 Å². The van der Waals surface area contributed by atoms with Crippen LogP contribution in [0.4, 0.5) is 0 Å². The standard InChI is InChI=1S/C20H32O3/c1-11-15(21)14-17(4,5)18(6,7)19(8,9)20(10,13-3)23-16(22)12-2/h11-13H,1-3,14H2,4-10H3. The molecule has 0 N–H and O–H groups in total. The fraction of sp³-hybridized carbons (Fsp3) is 0.600. The maximum atomic E-state index is 11.9. The van der Waals surface area contributed by atoms with E-state index >= 15 is 0 Å². The van der Waals surface area contributed by atoms with Crippen molar-refractivity contribution in [2.24, 2.45) is 16.2 Å². The lowest BCUT2D eigenvalue weighted by Crippen LogP contribution is -2.57. The van der Waals surface area contributed by atoms with Gasteiger partial charge in [-0.25, -0.2) is 4.79 Å². The molecule has 3 nitrogen and oxygen atoms in total. The minimum absolute atomic E-state index is 0.00210. The molecule has 0 aromatic rings. The van der Waals surface area contributed by atoms with Crippen LogP contribution in [0.1, 0.15) is 54.9 Å². The molecular formula is C20H32O3. The number of ether oxygens (including phenoxy) is 1. The first-order chi connectivity index (χ1) is 10.2. The van der Waals surface area contributed by atoms with Crippen LogP contribution in [0.25, 0.3) is 0 Å². The molecule has 0 radical (unpaired) electrons. The van der Waals surface area contributed by atoms with Crippen LogP contribution >= 0.6 is 0 Å². The molecule has 0 aliphatic heterocycles. The van der Waals surface area contributed by atoms with Gasteiger partial charge in [0.2, 0.25) is 0 Å². The summed E-state index contributed by atoms with van der Waals surface area (Å²) in [5.41, 5.74) is -2.10. The molecule has 130 valence electrons. The zero-order chi connectivity index (χ0) is 18.7. The van der Waals surface area contributed by atoms with E-state index in [1.807, 2.05) is 20.8 Å². The molecule has 3 heteroatoms. The second kappa shape index (κ2) is 6.86. The molecule has 1 unspecified atom stereocenters. The number of carbonyl (C=O) groups excluding carboxylic acids is 2. The molecule has 0 amide bonds. The van der Waals surface area contributed by atoms with Crippen LogP contribution in [0.2, 0.25) is 0 Å². The lowest BCUT2D eigenvalue weighted by molar-refractivity contribution is -0.179. The van der Waals surface area contributed by atoms with Crippen molar-refractivity contribution >= 4 is 11.8 Å². The van der Waals surface area contributed by atoms with Gasteiger partial charge in [0, 0.05) is 17.9 Å². The van der Waals surface area contributed by atoms with E-state index in [1.165, 1.54) is 6.08 Å². The van der Waals surface area contributed by atoms with Crippen molar-refractivity contribution in [2.45, 2.75) is 60.5 Å². The third-order valence-corrected chi connectivity index (χ3v) is 6.21. The first-order valence-corrected chi connectivity index (χ1v) is 7.86. The maximum absolute atomic E-state index is 11.9. The highest BCUT2D eigenvalue weighted by atomic mass is 16.6. The van der Waals surface area contributed by atoms with Gasteiger partial charge in [-0.15, -0.1) is 0 Å². The molecule has 0 aliphatic rings. The Morgan fingerprint density at radius 3 is 1.70 bits per heavy atom. The molecule has 0 rings (SSSR count). The summed E-state index contributed by atoms with van der Waals surface area (Å²) in [6.07, 6.45) is 4.53. The smallest absolute Gasteiger partial charge is 0.331 e. The highest BCUT2D eigenvalue weighted by molar-refractivity contribution is 5.89. The maximum Gasteiger partial charge on any atom is 0.331 e. The van der Waals surface area contributed by atoms with E-state index in [0.717, 1.165) is 6.08 Å². The van der Waals surface area contributed by atoms with Crippen LogP contribution in [0.3, 0.4) is 0 Å². The highest BCUT2D eigenvalue weighted by Gasteiger charge is 2.57. The minimum Gasteiger partial charge on any atom is -0.451 e. The van der Waals surface area contributed by atoms with Crippen molar-refractivity contribution in [3.8, 4) is 0 Å². The summed E-state index contributed by atoms with van der Waals surface area (Å²) in [4.78, 5) is 23.7. The summed E-state index contributed by atoms with van der Waals surface area (Å²) in [6.45, 7) is 25.1.